The van der Waals surface area contributed by atoms with E-state index < -0.39 is 6.29 Å². The number of alkyl halides is 2. The minimum absolute atomic E-state index is 0.00318. The van der Waals surface area contributed by atoms with Gasteiger partial charge in [-0.15, -0.1) is 8.78 Å². The van der Waals surface area contributed by atoms with E-state index in [1.54, 1.807) is 12.1 Å². The van der Waals surface area contributed by atoms with E-state index in [0.717, 1.165) is 0 Å². The van der Waals surface area contributed by atoms with Crippen molar-refractivity contribution in [3.63, 3.8) is 0 Å². The van der Waals surface area contributed by atoms with Crippen LogP contribution < -0.4 is 9.47 Å². The summed E-state index contributed by atoms with van der Waals surface area (Å²) < 4.78 is 34.2. The highest BCUT2D eigenvalue weighted by molar-refractivity contribution is 5.48. The molecule has 16 heavy (non-hydrogen) atoms. The minimum Gasteiger partial charge on any atom is -0.395 e. The maximum absolute atomic E-state index is 12.8. The molecule has 0 N–H and O–H groups in total. The van der Waals surface area contributed by atoms with Crippen LogP contribution in [-0.2, 0) is 6.42 Å². The number of para-hydroxylation sites is 1. The molecule has 0 atom stereocenters. The Morgan fingerprint density at radius 2 is 2.19 bits per heavy atom. The Hall–Kier alpha value is -2.01. The Balaban J connectivity index is 2.23. The van der Waals surface area contributed by atoms with Crippen molar-refractivity contribution in [3.05, 3.63) is 34.2 Å². The lowest BCUT2D eigenvalue weighted by atomic mass is 10.1. The SMILES string of the molecule is [N-]=[N+]=NCCc1cccc2c1OC(F)(F)O2. The molecule has 7 heteroatoms. The quantitative estimate of drug-likeness (QED) is 0.452. The van der Waals surface area contributed by atoms with Gasteiger partial charge in [0, 0.05) is 11.5 Å². The van der Waals surface area contributed by atoms with Crippen LogP contribution in [0.2, 0.25) is 0 Å². The molecule has 0 bridgehead atoms. The van der Waals surface area contributed by atoms with Gasteiger partial charge in [-0.2, -0.15) is 0 Å². The molecular formula is C9H7F2N3O2. The van der Waals surface area contributed by atoms with Crippen molar-refractivity contribution in [1.82, 2.24) is 0 Å². The molecule has 0 saturated carbocycles. The zero-order valence-electron chi connectivity index (χ0n) is 8.06. The van der Waals surface area contributed by atoms with Crippen LogP contribution in [0.4, 0.5) is 8.78 Å². The summed E-state index contributed by atoms with van der Waals surface area (Å²) in [5, 5.41) is 3.33. The average Bonchev–Trinajstić information content (AvgIpc) is 2.53. The molecule has 0 spiro atoms. The molecule has 0 aliphatic carbocycles. The zero-order valence-corrected chi connectivity index (χ0v) is 8.06. The van der Waals surface area contributed by atoms with Crippen LogP contribution in [-0.4, -0.2) is 12.8 Å². The van der Waals surface area contributed by atoms with E-state index in [0.29, 0.717) is 12.0 Å². The lowest BCUT2D eigenvalue weighted by Crippen LogP contribution is -2.26. The highest BCUT2D eigenvalue weighted by atomic mass is 19.3. The number of nitrogens with zero attached hydrogens (tertiary/aromatic N) is 3. The third-order valence-corrected chi connectivity index (χ3v) is 2.05. The van der Waals surface area contributed by atoms with Crippen molar-refractivity contribution in [3.8, 4) is 11.5 Å². The van der Waals surface area contributed by atoms with Crippen molar-refractivity contribution in [2.75, 3.05) is 6.54 Å². The number of ether oxygens (including phenoxy) is 2. The molecule has 0 unspecified atom stereocenters. The van der Waals surface area contributed by atoms with Crippen LogP contribution in [0.25, 0.3) is 10.4 Å². The number of hydrogen-bond donors (Lipinski definition) is 0. The molecule has 5 nitrogen and oxygen atoms in total. The van der Waals surface area contributed by atoms with Gasteiger partial charge in [-0.3, -0.25) is 0 Å². The summed E-state index contributed by atoms with van der Waals surface area (Å²) in [6.07, 6.45) is -3.29. The summed E-state index contributed by atoms with van der Waals surface area (Å²) >= 11 is 0. The van der Waals surface area contributed by atoms with E-state index in [1.165, 1.54) is 6.07 Å². The van der Waals surface area contributed by atoms with Crippen molar-refractivity contribution < 1.29 is 18.3 Å². The molecule has 0 aromatic heterocycles. The monoisotopic (exact) mass is 227 g/mol. The van der Waals surface area contributed by atoms with E-state index >= 15 is 0 Å². The van der Waals surface area contributed by atoms with Crippen molar-refractivity contribution in [1.29, 1.82) is 0 Å². The Morgan fingerprint density at radius 3 is 2.94 bits per heavy atom. The van der Waals surface area contributed by atoms with Gasteiger partial charge >= 0.3 is 6.29 Å². The molecular weight excluding hydrogens is 220 g/mol. The van der Waals surface area contributed by atoms with Gasteiger partial charge in [-0.1, -0.05) is 17.2 Å². The molecule has 1 aromatic rings. The molecule has 1 aliphatic rings. The lowest BCUT2D eigenvalue weighted by Gasteiger charge is -2.06. The number of hydrogen-bond acceptors (Lipinski definition) is 3. The first-order chi connectivity index (χ1) is 7.62. The molecule has 2 rings (SSSR count). The van der Waals surface area contributed by atoms with Crippen LogP contribution in [0.5, 0.6) is 11.5 Å². The highest BCUT2D eigenvalue weighted by Crippen LogP contribution is 2.43. The summed E-state index contributed by atoms with van der Waals surface area (Å²) in [7, 11) is 0. The number of azide groups is 1. The van der Waals surface area contributed by atoms with Gasteiger partial charge < -0.3 is 9.47 Å². The average molecular weight is 227 g/mol. The van der Waals surface area contributed by atoms with Gasteiger partial charge in [0.05, 0.1) is 0 Å². The fraction of sp³-hybridized carbons (Fsp3) is 0.333. The Labute approximate surface area is 89.2 Å². The van der Waals surface area contributed by atoms with Crippen molar-refractivity contribution in [2.24, 2.45) is 5.11 Å². The molecule has 1 aromatic carbocycles. The number of fused-ring (bicyclic) bond motifs is 1. The summed E-state index contributed by atoms with van der Waals surface area (Å²) in [5.41, 5.74) is 8.63. The Kier molecular flexibility index (Phi) is 2.54. The van der Waals surface area contributed by atoms with Crippen LogP contribution in [0.15, 0.2) is 23.3 Å². The predicted octanol–water partition coefficient (Wildman–Crippen LogP) is 2.86. The van der Waals surface area contributed by atoms with E-state index in [9.17, 15) is 8.78 Å². The molecule has 0 amide bonds. The molecule has 1 heterocycles. The number of benzene rings is 1. The zero-order chi connectivity index (χ0) is 11.6. The smallest absolute Gasteiger partial charge is 0.395 e. The van der Waals surface area contributed by atoms with Crippen molar-refractivity contribution in [2.45, 2.75) is 12.7 Å². The summed E-state index contributed by atoms with van der Waals surface area (Å²) in [6, 6.07) is 4.60. The first-order valence-corrected chi connectivity index (χ1v) is 4.51. The fourth-order valence-electron chi connectivity index (χ4n) is 1.44. The predicted molar refractivity (Wildman–Crippen MR) is 50.4 cm³/mol. The van der Waals surface area contributed by atoms with Crippen LogP contribution >= 0.6 is 0 Å². The second-order valence-electron chi connectivity index (χ2n) is 3.12. The largest absolute Gasteiger partial charge is 0.586 e. The van der Waals surface area contributed by atoms with E-state index in [2.05, 4.69) is 19.5 Å². The maximum Gasteiger partial charge on any atom is 0.586 e. The van der Waals surface area contributed by atoms with E-state index in [1.807, 2.05) is 0 Å². The van der Waals surface area contributed by atoms with Crippen LogP contribution in [0, 0.1) is 0 Å². The van der Waals surface area contributed by atoms with Gasteiger partial charge in [-0.05, 0) is 23.6 Å². The third-order valence-electron chi connectivity index (χ3n) is 2.05. The van der Waals surface area contributed by atoms with Gasteiger partial charge in [0.15, 0.2) is 11.5 Å². The first-order valence-electron chi connectivity index (χ1n) is 4.51. The summed E-state index contributed by atoms with van der Waals surface area (Å²) in [5.74, 6) is 0.0177. The standard InChI is InChI=1S/C9H7F2N3O2/c10-9(11)15-7-3-1-2-6(8(7)16-9)4-5-13-14-12/h1-3H,4-5H2. The fourth-order valence-corrected chi connectivity index (χ4v) is 1.44. The second-order valence-corrected chi connectivity index (χ2v) is 3.12. The lowest BCUT2D eigenvalue weighted by molar-refractivity contribution is -0.286. The summed E-state index contributed by atoms with van der Waals surface area (Å²) in [6.45, 7) is 0.182. The summed E-state index contributed by atoms with van der Waals surface area (Å²) in [4.78, 5) is 2.58. The minimum atomic E-state index is -3.61. The maximum atomic E-state index is 12.8. The van der Waals surface area contributed by atoms with Gasteiger partial charge in [0.2, 0.25) is 0 Å². The third kappa shape index (κ3) is 1.99. The van der Waals surface area contributed by atoms with Gasteiger partial charge in [0.25, 0.3) is 0 Å². The van der Waals surface area contributed by atoms with Crippen LogP contribution in [0.3, 0.4) is 0 Å². The van der Waals surface area contributed by atoms with Gasteiger partial charge in [0.1, 0.15) is 0 Å². The number of halogens is 2. The topological polar surface area (TPSA) is 67.2 Å². The molecule has 84 valence electrons. The first kappa shape index (κ1) is 10.5. The molecule has 0 fully saturated rings. The van der Waals surface area contributed by atoms with Gasteiger partial charge in [-0.25, -0.2) is 0 Å². The molecule has 0 radical (unpaired) electrons. The van der Waals surface area contributed by atoms with E-state index in [-0.39, 0.29) is 18.0 Å². The molecule has 1 aliphatic heterocycles. The molecule has 0 saturated heterocycles. The Morgan fingerprint density at radius 1 is 1.38 bits per heavy atom. The number of rotatable bonds is 3. The second kappa shape index (κ2) is 3.86. The van der Waals surface area contributed by atoms with Crippen LogP contribution in [0.1, 0.15) is 5.56 Å². The highest BCUT2D eigenvalue weighted by Gasteiger charge is 2.44. The van der Waals surface area contributed by atoms with E-state index in [4.69, 9.17) is 5.53 Å². The van der Waals surface area contributed by atoms with Crippen molar-refractivity contribution >= 4 is 0 Å². The Bertz CT molecular complexity index is 458. The normalized spacial score (nSPS) is 15.6.